The van der Waals surface area contributed by atoms with E-state index in [9.17, 15) is 0 Å². The van der Waals surface area contributed by atoms with Crippen LogP contribution in [-0.2, 0) is 0 Å². The Morgan fingerprint density at radius 1 is 1.00 bits per heavy atom. The molecule has 2 heterocycles. The van der Waals surface area contributed by atoms with Crippen molar-refractivity contribution in [3.8, 4) is 0 Å². The predicted molar refractivity (Wildman–Crippen MR) is 90.7 cm³/mol. The quantitative estimate of drug-likeness (QED) is 0.679. The minimum atomic E-state index is 0.291. The van der Waals surface area contributed by atoms with Gasteiger partial charge in [-0.2, -0.15) is 4.98 Å². The summed E-state index contributed by atoms with van der Waals surface area (Å²) < 4.78 is 5.30. The van der Waals surface area contributed by atoms with E-state index in [0.29, 0.717) is 23.7 Å². The van der Waals surface area contributed by atoms with Crippen molar-refractivity contribution < 1.29 is 4.52 Å². The Morgan fingerprint density at radius 3 is 2.23 bits per heavy atom. The summed E-state index contributed by atoms with van der Waals surface area (Å²) in [4.78, 5) is 10.4. The highest BCUT2D eigenvalue weighted by molar-refractivity contribution is 7.11. The first-order valence-electron chi connectivity index (χ1n) is 8.17. The summed E-state index contributed by atoms with van der Waals surface area (Å²) in [6.07, 6.45) is 4.22. The van der Waals surface area contributed by atoms with E-state index in [4.69, 9.17) is 4.52 Å². The van der Waals surface area contributed by atoms with Gasteiger partial charge in [0.1, 0.15) is 0 Å². The van der Waals surface area contributed by atoms with Gasteiger partial charge in [0.05, 0.1) is 5.01 Å². The van der Waals surface area contributed by atoms with E-state index in [2.05, 4.69) is 56.7 Å². The van der Waals surface area contributed by atoms with Crippen molar-refractivity contribution in [1.29, 1.82) is 0 Å². The van der Waals surface area contributed by atoms with Crippen molar-refractivity contribution in [2.24, 2.45) is 0 Å². The van der Waals surface area contributed by atoms with Crippen LogP contribution in [0.1, 0.15) is 99.7 Å². The second-order valence-electron chi connectivity index (χ2n) is 6.78. The lowest BCUT2D eigenvalue weighted by molar-refractivity contribution is 0.357. The van der Waals surface area contributed by atoms with E-state index in [1.54, 1.807) is 0 Å². The molecule has 2 rings (SSSR count). The van der Waals surface area contributed by atoms with Crippen LogP contribution in [-0.4, -0.2) is 15.1 Å². The molecule has 2 unspecified atom stereocenters. The average Bonchev–Trinajstić information content (AvgIpc) is 3.12. The van der Waals surface area contributed by atoms with Crippen LogP contribution in [0.5, 0.6) is 0 Å². The Labute approximate surface area is 137 Å². The van der Waals surface area contributed by atoms with Gasteiger partial charge in [-0.05, 0) is 18.8 Å². The molecule has 0 aliphatic carbocycles. The van der Waals surface area contributed by atoms with Gasteiger partial charge in [-0.3, -0.25) is 0 Å². The Kier molecular flexibility index (Phi) is 5.73. The normalized spacial score (nSPS) is 14.7. The van der Waals surface area contributed by atoms with Gasteiger partial charge in [0, 0.05) is 28.8 Å². The molecule has 0 bridgehead atoms. The molecule has 122 valence electrons. The molecule has 0 spiro atoms. The zero-order chi connectivity index (χ0) is 16.3. The Hall–Kier alpha value is -1.23. The number of thiazole rings is 1. The van der Waals surface area contributed by atoms with Crippen molar-refractivity contribution in [3.63, 3.8) is 0 Å². The second-order valence-corrected chi connectivity index (χ2v) is 7.87. The van der Waals surface area contributed by atoms with Crippen molar-refractivity contribution in [1.82, 2.24) is 15.1 Å². The SMILES string of the molecule is CC(C)c1nc(C(C)CCC(C)c2cnc(C(C)C)s2)no1. The first kappa shape index (κ1) is 17.1. The maximum absolute atomic E-state index is 5.30. The van der Waals surface area contributed by atoms with Crippen LogP contribution in [0.2, 0.25) is 0 Å². The lowest BCUT2D eigenvalue weighted by Gasteiger charge is -2.11. The predicted octanol–water partition coefficient (Wildman–Crippen LogP) is 5.46. The first-order valence-corrected chi connectivity index (χ1v) is 8.99. The molecule has 2 aromatic rings. The first-order chi connectivity index (χ1) is 10.4. The maximum atomic E-state index is 5.30. The van der Waals surface area contributed by atoms with E-state index in [0.717, 1.165) is 24.6 Å². The fourth-order valence-electron chi connectivity index (χ4n) is 2.25. The third-order valence-electron chi connectivity index (χ3n) is 3.95. The van der Waals surface area contributed by atoms with Gasteiger partial charge >= 0.3 is 0 Å². The molecule has 2 atom stereocenters. The zero-order valence-electron chi connectivity index (χ0n) is 14.5. The Morgan fingerprint density at radius 2 is 1.68 bits per heavy atom. The molecule has 0 aliphatic heterocycles. The standard InChI is InChI=1S/C17H27N3OS/c1-10(2)16-19-15(20-21-16)13(6)8-7-12(5)14-9-18-17(22-14)11(3)4/h9-13H,7-8H2,1-6H3. The monoisotopic (exact) mass is 321 g/mol. The smallest absolute Gasteiger partial charge is 0.229 e. The summed E-state index contributed by atoms with van der Waals surface area (Å²) in [6, 6.07) is 0. The van der Waals surface area contributed by atoms with Gasteiger partial charge in [0.15, 0.2) is 5.82 Å². The van der Waals surface area contributed by atoms with Crippen molar-refractivity contribution in [3.05, 3.63) is 27.8 Å². The van der Waals surface area contributed by atoms with Crippen LogP contribution >= 0.6 is 11.3 Å². The highest BCUT2D eigenvalue weighted by atomic mass is 32.1. The van der Waals surface area contributed by atoms with Crippen LogP contribution in [0, 0.1) is 0 Å². The summed E-state index contributed by atoms with van der Waals surface area (Å²) in [5.74, 6) is 3.24. The fraction of sp³-hybridized carbons (Fsp3) is 0.706. The van der Waals surface area contributed by atoms with Crippen LogP contribution < -0.4 is 0 Å². The third-order valence-corrected chi connectivity index (χ3v) is 5.48. The van der Waals surface area contributed by atoms with E-state index in [1.165, 1.54) is 9.88 Å². The topological polar surface area (TPSA) is 51.8 Å². The number of rotatable bonds is 7. The Balaban J connectivity index is 1.90. The molecule has 0 saturated heterocycles. The minimum absolute atomic E-state index is 0.291. The number of aromatic nitrogens is 3. The molecular weight excluding hydrogens is 294 g/mol. The largest absolute Gasteiger partial charge is 0.339 e. The average molecular weight is 321 g/mol. The molecule has 0 radical (unpaired) electrons. The van der Waals surface area contributed by atoms with Crippen LogP contribution in [0.3, 0.4) is 0 Å². The highest BCUT2D eigenvalue weighted by Gasteiger charge is 2.18. The molecule has 0 N–H and O–H groups in total. The maximum Gasteiger partial charge on any atom is 0.229 e. The highest BCUT2D eigenvalue weighted by Crippen LogP contribution is 2.32. The molecule has 0 aromatic carbocycles. The minimum Gasteiger partial charge on any atom is -0.339 e. The number of nitrogens with zero attached hydrogens (tertiary/aromatic N) is 3. The summed E-state index contributed by atoms with van der Waals surface area (Å²) in [5, 5.41) is 5.35. The number of hydrogen-bond acceptors (Lipinski definition) is 5. The summed E-state index contributed by atoms with van der Waals surface area (Å²) >= 11 is 1.84. The van der Waals surface area contributed by atoms with E-state index in [-0.39, 0.29) is 0 Å². The lowest BCUT2D eigenvalue weighted by atomic mass is 9.97. The molecular formula is C17H27N3OS. The third kappa shape index (κ3) is 4.15. The molecule has 0 amide bonds. The van der Waals surface area contributed by atoms with Gasteiger partial charge in [-0.15, -0.1) is 11.3 Å². The van der Waals surface area contributed by atoms with Gasteiger partial charge in [0.2, 0.25) is 5.89 Å². The lowest BCUT2D eigenvalue weighted by Crippen LogP contribution is -2.00. The summed E-state index contributed by atoms with van der Waals surface area (Å²) in [6.45, 7) is 13.0. The van der Waals surface area contributed by atoms with Crippen molar-refractivity contribution in [2.45, 2.75) is 78.1 Å². The zero-order valence-corrected chi connectivity index (χ0v) is 15.3. The van der Waals surface area contributed by atoms with Gasteiger partial charge in [-0.1, -0.05) is 46.7 Å². The van der Waals surface area contributed by atoms with Gasteiger partial charge < -0.3 is 4.52 Å². The van der Waals surface area contributed by atoms with Crippen molar-refractivity contribution in [2.75, 3.05) is 0 Å². The van der Waals surface area contributed by atoms with Crippen molar-refractivity contribution >= 4 is 11.3 Å². The summed E-state index contributed by atoms with van der Waals surface area (Å²) in [5.41, 5.74) is 0. The fourth-order valence-corrected chi connectivity index (χ4v) is 3.26. The van der Waals surface area contributed by atoms with Crippen LogP contribution in [0.15, 0.2) is 10.7 Å². The molecule has 0 aliphatic rings. The molecule has 0 fully saturated rings. The summed E-state index contributed by atoms with van der Waals surface area (Å²) in [7, 11) is 0. The Bertz CT molecular complexity index is 536. The molecule has 0 saturated carbocycles. The molecule has 22 heavy (non-hydrogen) atoms. The van der Waals surface area contributed by atoms with Gasteiger partial charge in [0.25, 0.3) is 0 Å². The molecule has 5 heteroatoms. The van der Waals surface area contributed by atoms with Crippen LogP contribution in [0.25, 0.3) is 0 Å². The molecule has 4 nitrogen and oxygen atoms in total. The van der Waals surface area contributed by atoms with Gasteiger partial charge in [-0.25, -0.2) is 4.98 Å². The van der Waals surface area contributed by atoms with E-state index >= 15 is 0 Å². The van der Waals surface area contributed by atoms with Crippen LogP contribution in [0.4, 0.5) is 0 Å². The number of hydrogen-bond donors (Lipinski definition) is 0. The van der Waals surface area contributed by atoms with E-state index < -0.39 is 0 Å². The van der Waals surface area contributed by atoms with E-state index in [1.807, 2.05) is 17.5 Å². The molecule has 2 aromatic heterocycles. The second kappa shape index (κ2) is 7.36.